The standard InChI is InChI=1S/C14H15N3OS/c18-14-6-3-7-17(14)13-5-2-1-4-12(13)16-9-11-8-15-10-19-11/h1-2,4-5,8,10,16H,3,6-7,9H2. The molecule has 1 amide bonds. The molecule has 2 heterocycles. The second-order valence-electron chi connectivity index (χ2n) is 4.49. The van der Waals surface area contributed by atoms with Crippen molar-refractivity contribution in [3.63, 3.8) is 0 Å². The molecule has 5 heteroatoms. The summed E-state index contributed by atoms with van der Waals surface area (Å²) in [6, 6.07) is 7.97. The molecule has 3 rings (SSSR count). The van der Waals surface area contributed by atoms with Crippen LogP contribution in [-0.4, -0.2) is 17.4 Å². The first-order valence-corrected chi connectivity index (χ1v) is 7.23. The van der Waals surface area contributed by atoms with Crippen LogP contribution in [0, 0.1) is 0 Å². The van der Waals surface area contributed by atoms with E-state index in [-0.39, 0.29) is 5.91 Å². The zero-order chi connectivity index (χ0) is 13.1. The molecule has 98 valence electrons. The van der Waals surface area contributed by atoms with Gasteiger partial charge in [-0.15, -0.1) is 11.3 Å². The molecule has 19 heavy (non-hydrogen) atoms. The van der Waals surface area contributed by atoms with Gasteiger partial charge in [0, 0.05) is 24.0 Å². The summed E-state index contributed by atoms with van der Waals surface area (Å²) in [7, 11) is 0. The van der Waals surface area contributed by atoms with Crippen LogP contribution in [0.4, 0.5) is 11.4 Å². The van der Waals surface area contributed by atoms with Gasteiger partial charge in [-0.1, -0.05) is 12.1 Å². The van der Waals surface area contributed by atoms with Crippen molar-refractivity contribution in [2.75, 3.05) is 16.8 Å². The van der Waals surface area contributed by atoms with Crippen molar-refractivity contribution in [3.05, 3.63) is 40.8 Å². The van der Waals surface area contributed by atoms with Crippen molar-refractivity contribution in [3.8, 4) is 0 Å². The lowest BCUT2D eigenvalue weighted by Crippen LogP contribution is -2.24. The normalized spacial score (nSPS) is 14.9. The number of nitrogens with one attached hydrogen (secondary N) is 1. The van der Waals surface area contributed by atoms with Crippen LogP contribution in [0.1, 0.15) is 17.7 Å². The Morgan fingerprint density at radius 2 is 2.26 bits per heavy atom. The van der Waals surface area contributed by atoms with Crippen LogP contribution in [0.3, 0.4) is 0 Å². The van der Waals surface area contributed by atoms with Crippen LogP contribution in [-0.2, 0) is 11.3 Å². The molecule has 0 atom stereocenters. The number of amides is 1. The van der Waals surface area contributed by atoms with Crippen LogP contribution < -0.4 is 10.2 Å². The highest BCUT2D eigenvalue weighted by molar-refractivity contribution is 7.09. The van der Waals surface area contributed by atoms with Crippen LogP contribution in [0.25, 0.3) is 0 Å². The molecule has 0 unspecified atom stereocenters. The van der Waals surface area contributed by atoms with E-state index in [9.17, 15) is 4.79 Å². The zero-order valence-corrected chi connectivity index (χ0v) is 11.3. The van der Waals surface area contributed by atoms with E-state index in [0.29, 0.717) is 6.42 Å². The van der Waals surface area contributed by atoms with Gasteiger partial charge in [-0.2, -0.15) is 0 Å². The maximum Gasteiger partial charge on any atom is 0.227 e. The minimum atomic E-state index is 0.215. The number of hydrogen-bond acceptors (Lipinski definition) is 4. The lowest BCUT2D eigenvalue weighted by atomic mass is 10.2. The first-order chi connectivity index (χ1) is 9.34. The zero-order valence-electron chi connectivity index (χ0n) is 10.5. The number of anilines is 2. The van der Waals surface area contributed by atoms with E-state index in [1.165, 1.54) is 4.88 Å². The van der Waals surface area contributed by atoms with E-state index in [2.05, 4.69) is 10.3 Å². The summed E-state index contributed by atoms with van der Waals surface area (Å²) in [4.78, 5) is 19.0. The molecule has 1 aromatic carbocycles. The topological polar surface area (TPSA) is 45.2 Å². The van der Waals surface area contributed by atoms with E-state index in [1.54, 1.807) is 11.3 Å². The maximum absolute atomic E-state index is 11.9. The summed E-state index contributed by atoms with van der Waals surface area (Å²) in [6.45, 7) is 1.56. The monoisotopic (exact) mass is 273 g/mol. The molecule has 0 bridgehead atoms. The summed E-state index contributed by atoms with van der Waals surface area (Å²) in [5.41, 5.74) is 3.81. The lowest BCUT2D eigenvalue weighted by Gasteiger charge is -2.20. The maximum atomic E-state index is 11.9. The molecule has 0 saturated carbocycles. The van der Waals surface area contributed by atoms with Crippen molar-refractivity contribution in [1.29, 1.82) is 0 Å². The molecular formula is C14H15N3OS. The molecular weight excluding hydrogens is 258 g/mol. The first-order valence-electron chi connectivity index (χ1n) is 6.35. The molecule has 1 aliphatic rings. The fraction of sp³-hybridized carbons (Fsp3) is 0.286. The molecule has 1 aromatic heterocycles. The Labute approximate surface area is 116 Å². The van der Waals surface area contributed by atoms with E-state index >= 15 is 0 Å². The van der Waals surface area contributed by atoms with Gasteiger partial charge < -0.3 is 10.2 Å². The number of hydrogen-bond donors (Lipinski definition) is 1. The Morgan fingerprint density at radius 1 is 1.37 bits per heavy atom. The molecule has 2 aromatic rings. The summed E-state index contributed by atoms with van der Waals surface area (Å²) in [6.07, 6.45) is 3.46. The average Bonchev–Trinajstić information content (AvgIpc) is 3.08. The van der Waals surface area contributed by atoms with Crippen molar-refractivity contribution in [1.82, 2.24) is 4.98 Å². The van der Waals surface area contributed by atoms with Gasteiger partial charge >= 0.3 is 0 Å². The number of rotatable bonds is 4. The number of nitrogens with zero attached hydrogens (tertiary/aromatic N) is 2. The molecule has 4 nitrogen and oxygen atoms in total. The predicted octanol–water partition coefficient (Wildman–Crippen LogP) is 2.88. The van der Waals surface area contributed by atoms with E-state index in [4.69, 9.17) is 0 Å². The van der Waals surface area contributed by atoms with E-state index < -0.39 is 0 Å². The highest BCUT2D eigenvalue weighted by Gasteiger charge is 2.23. The van der Waals surface area contributed by atoms with Crippen LogP contribution in [0.5, 0.6) is 0 Å². The number of benzene rings is 1. The van der Waals surface area contributed by atoms with Gasteiger partial charge in [0.15, 0.2) is 0 Å². The highest BCUT2D eigenvalue weighted by Crippen LogP contribution is 2.29. The largest absolute Gasteiger partial charge is 0.378 e. The van der Waals surface area contributed by atoms with Crippen LogP contribution >= 0.6 is 11.3 Å². The van der Waals surface area contributed by atoms with Crippen LogP contribution in [0.15, 0.2) is 36.0 Å². The lowest BCUT2D eigenvalue weighted by molar-refractivity contribution is -0.117. The third-order valence-corrected chi connectivity index (χ3v) is 3.98. The minimum Gasteiger partial charge on any atom is -0.378 e. The molecule has 1 N–H and O–H groups in total. The van der Waals surface area contributed by atoms with Crippen molar-refractivity contribution >= 4 is 28.6 Å². The number of thiazole rings is 1. The van der Waals surface area contributed by atoms with Crippen molar-refractivity contribution < 1.29 is 4.79 Å². The first kappa shape index (κ1) is 12.2. The Kier molecular flexibility index (Phi) is 3.46. The second-order valence-corrected chi connectivity index (χ2v) is 5.46. The Bertz CT molecular complexity index is 568. The number of carbonyl (C=O) groups excluding carboxylic acids is 1. The fourth-order valence-electron chi connectivity index (χ4n) is 2.27. The third-order valence-electron chi connectivity index (χ3n) is 3.20. The summed E-state index contributed by atoms with van der Waals surface area (Å²) in [5.74, 6) is 0.215. The fourth-order valence-corrected chi connectivity index (χ4v) is 2.81. The Balaban J connectivity index is 1.79. The molecule has 0 spiro atoms. The quantitative estimate of drug-likeness (QED) is 0.931. The molecule has 1 aliphatic heterocycles. The highest BCUT2D eigenvalue weighted by atomic mass is 32.1. The van der Waals surface area contributed by atoms with Gasteiger partial charge in [0.05, 0.1) is 23.4 Å². The van der Waals surface area contributed by atoms with Gasteiger partial charge in [-0.25, -0.2) is 0 Å². The summed E-state index contributed by atoms with van der Waals surface area (Å²) in [5, 5.41) is 3.39. The molecule has 1 fully saturated rings. The third kappa shape index (κ3) is 2.61. The average molecular weight is 273 g/mol. The van der Waals surface area contributed by atoms with Crippen molar-refractivity contribution in [2.45, 2.75) is 19.4 Å². The number of para-hydroxylation sites is 2. The molecule has 1 saturated heterocycles. The Morgan fingerprint density at radius 3 is 3.00 bits per heavy atom. The SMILES string of the molecule is O=C1CCCN1c1ccccc1NCc1cncs1. The van der Waals surface area contributed by atoms with E-state index in [1.807, 2.05) is 40.9 Å². The van der Waals surface area contributed by atoms with Gasteiger partial charge in [-0.05, 0) is 18.6 Å². The Hall–Kier alpha value is -1.88. The number of aromatic nitrogens is 1. The number of carbonyl (C=O) groups is 1. The summed E-state index contributed by atoms with van der Waals surface area (Å²) >= 11 is 1.63. The van der Waals surface area contributed by atoms with Gasteiger partial charge in [0.1, 0.15) is 0 Å². The predicted molar refractivity (Wildman–Crippen MR) is 77.5 cm³/mol. The van der Waals surface area contributed by atoms with E-state index in [0.717, 1.165) is 30.9 Å². The minimum absolute atomic E-state index is 0.215. The van der Waals surface area contributed by atoms with Gasteiger partial charge in [0.25, 0.3) is 0 Å². The van der Waals surface area contributed by atoms with Crippen LogP contribution in [0.2, 0.25) is 0 Å². The molecule has 0 radical (unpaired) electrons. The molecule has 0 aliphatic carbocycles. The van der Waals surface area contributed by atoms with Crippen molar-refractivity contribution in [2.24, 2.45) is 0 Å². The van der Waals surface area contributed by atoms with Gasteiger partial charge in [-0.3, -0.25) is 9.78 Å². The van der Waals surface area contributed by atoms with Gasteiger partial charge in [0.2, 0.25) is 5.91 Å². The second kappa shape index (κ2) is 5.40. The summed E-state index contributed by atoms with van der Waals surface area (Å²) < 4.78 is 0. The smallest absolute Gasteiger partial charge is 0.227 e.